The largest absolute Gasteiger partial charge is 0.494 e. The first-order chi connectivity index (χ1) is 12.9. The molecule has 0 saturated heterocycles. The third-order valence-corrected chi connectivity index (χ3v) is 5.63. The zero-order valence-electron chi connectivity index (χ0n) is 16.4. The van der Waals surface area contributed by atoms with E-state index in [1.807, 2.05) is 64.3 Å². The number of aryl methyl sites for hydroxylation is 2. The monoisotopic (exact) mass is 383 g/mol. The Kier molecular flexibility index (Phi) is 5.77. The third-order valence-electron chi connectivity index (χ3n) is 4.59. The maximum Gasteiger partial charge on any atom is 0.260 e. The van der Waals surface area contributed by atoms with E-state index >= 15 is 0 Å². The molecule has 6 heteroatoms. The molecule has 3 rings (SSSR count). The molecule has 0 aliphatic heterocycles. The Balaban J connectivity index is 2.02. The highest BCUT2D eigenvalue weighted by atomic mass is 32.1. The summed E-state index contributed by atoms with van der Waals surface area (Å²) in [5.74, 6) is 0.694. The van der Waals surface area contributed by atoms with Crippen molar-refractivity contribution >= 4 is 32.6 Å². The van der Waals surface area contributed by atoms with E-state index in [9.17, 15) is 4.79 Å². The van der Waals surface area contributed by atoms with E-state index in [0.29, 0.717) is 17.2 Å². The van der Waals surface area contributed by atoms with Gasteiger partial charge < -0.3 is 9.64 Å². The van der Waals surface area contributed by atoms with Crippen LogP contribution in [0.1, 0.15) is 21.5 Å². The lowest BCUT2D eigenvalue weighted by Crippen LogP contribution is -2.36. The molecule has 0 aliphatic rings. The Labute approximate surface area is 164 Å². The minimum absolute atomic E-state index is 0.0297. The van der Waals surface area contributed by atoms with Gasteiger partial charge in [0, 0.05) is 18.7 Å². The number of likely N-dealkylation sites (N-methyl/N-ethyl adjacent to an activating group) is 1. The van der Waals surface area contributed by atoms with E-state index < -0.39 is 0 Å². The number of methoxy groups -OCH3 is 1. The minimum Gasteiger partial charge on any atom is -0.494 e. The van der Waals surface area contributed by atoms with Crippen molar-refractivity contribution in [3.63, 3.8) is 0 Å². The van der Waals surface area contributed by atoms with Crippen molar-refractivity contribution in [2.75, 3.05) is 39.2 Å². The lowest BCUT2D eigenvalue weighted by molar-refractivity contribution is 0.0985. The molecule has 0 saturated carbocycles. The van der Waals surface area contributed by atoms with Gasteiger partial charge in [0.25, 0.3) is 5.91 Å². The molecule has 0 unspecified atom stereocenters. The number of hydrogen-bond acceptors (Lipinski definition) is 5. The summed E-state index contributed by atoms with van der Waals surface area (Å²) < 4.78 is 6.43. The number of carbonyl (C=O) groups is 1. The fraction of sp³-hybridized carbons (Fsp3) is 0.333. The minimum atomic E-state index is -0.0297. The molecule has 2 aromatic carbocycles. The van der Waals surface area contributed by atoms with Crippen LogP contribution in [0.25, 0.3) is 10.2 Å². The Morgan fingerprint density at radius 1 is 1.11 bits per heavy atom. The summed E-state index contributed by atoms with van der Waals surface area (Å²) in [6, 6.07) is 11.7. The van der Waals surface area contributed by atoms with Crippen molar-refractivity contribution < 1.29 is 9.53 Å². The molecular formula is C21H25N3O2S. The second kappa shape index (κ2) is 8.06. The quantitative estimate of drug-likeness (QED) is 0.642. The summed E-state index contributed by atoms with van der Waals surface area (Å²) in [7, 11) is 5.64. The molecule has 5 nitrogen and oxygen atoms in total. The number of fused-ring (bicyclic) bond motifs is 1. The van der Waals surface area contributed by atoms with E-state index in [2.05, 4.69) is 4.90 Å². The number of para-hydroxylation sites is 1. The van der Waals surface area contributed by atoms with E-state index in [1.54, 1.807) is 12.0 Å². The number of thiazole rings is 1. The van der Waals surface area contributed by atoms with Crippen LogP contribution in [0.2, 0.25) is 0 Å². The third kappa shape index (κ3) is 4.12. The Morgan fingerprint density at radius 2 is 1.89 bits per heavy atom. The van der Waals surface area contributed by atoms with E-state index in [4.69, 9.17) is 9.72 Å². The number of nitrogens with zero attached hydrogens (tertiary/aromatic N) is 3. The van der Waals surface area contributed by atoms with Crippen molar-refractivity contribution in [3.05, 3.63) is 53.1 Å². The molecule has 3 aromatic rings. The van der Waals surface area contributed by atoms with Gasteiger partial charge in [-0.15, -0.1) is 0 Å². The summed E-state index contributed by atoms with van der Waals surface area (Å²) in [5.41, 5.74) is 3.77. The van der Waals surface area contributed by atoms with Crippen molar-refractivity contribution in [3.8, 4) is 5.75 Å². The summed E-state index contributed by atoms with van der Waals surface area (Å²) in [6.45, 7) is 5.40. The smallest absolute Gasteiger partial charge is 0.260 e. The molecule has 0 atom stereocenters. The molecule has 1 aromatic heterocycles. The fourth-order valence-corrected chi connectivity index (χ4v) is 3.81. The number of benzene rings is 2. The molecule has 0 aliphatic carbocycles. The topological polar surface area (TPSA) is 45.7 Å². The summed E-state index contributed by atoms with van der Waals surface area (Å²) in [4.78, 5) is 21.9. The summed E-state index contributed by atoms with van der Waals surface area (Å²) in [6.07, 6.45) is 0. The normalized spacial score (nSPS) is 11.2. The Hall–Kier alpha value is -2.44. The molecule has 0 fully saturated rings. The first-order valence-electron chi connectivity index (χ1n) is 8.88. The number of ether oxygens (including phenoxy) is 1. The van der Waals surface area contributed by atoms with Gasteiger partial charge in [0.05, 0.1) is 11.8 Å². The highest BCUT2D eigenvalue weighted by molar-refractivity contribution is 7.22. The van der Waals surface area contributed by atoms with Crippen LogP contribution in [0.15, 0.2) is 36.4 Å². The molecule has 142 valence electrons. The Morgan fingerprint density at radius 3 is 2.56 bits per heavy atom. The molecule has 0 spiro atoms. The fourth-order valence-electron chi connectivity index (χ4n) is 2.81. The number of anilines is 1. The van der Waals surface area contributed by atoms with Crippen LogP contribution < -0.4 is 9.64 Å². The SMILES string of the molecule is COc1cccc2sc(N(CCN(C)C)C(=O)c3ccc(C)c(C)c3)nc12. The van der Waals surface area contributed by atoms with Gasteiger partial charge in [-0.3, -0.25) is 9.69 Å². The van der Waals surface area contributed by atoms with Gasteiger partial charge in [-0.25, -0.2) is 4.98 Å². The number of carbonyl (C=O) groups excluding carboxylic acids is 1. The average molecular weight is 384 g/mol. The Bertz CT molecular complexity index is 965. The second-order valence-electron chi connectivity index (χ2n) is 6.86. The van der Waals surface area contributed by atoms with Crippen molar-refractivity contribution in [1.29, 1.82) is 0 Å². The lowest BCUT2D eigenvalue weighted by atomic mass is 10.1. The van der Waals surface area contributed by atoms with Gasteiger partial charge in [0.1, 0.15) is 11.3 Å². The van der Waals surface area contributed by atoms with Crippen LogP contribution in [0, 0.1) is 13.8 Å². The highest BCUT2D eigenvalue weighted by Gasteiger charge is 2.22. The molecule has 1 heterocycles. The molecular weight excluding hydrogens is 358 g/mol. The number of rotatable bonds is 6. The van der Waals surface area contributed by atoms with Gasteiger partial charge in [-0.1, -0.05) is 23.5 Å². The van der Waals surface area contributed by atoms with Gasteiger partial charge in [-0.2, -0.15) is 0 Å². The van der Waals surface area contributed by atoms with Gasteiger partial charge >= 0.3 is 0 Å². The molecule has 0 N–H and O–H groups in total. The van der Waals surface area contributed by atoms with Crippen LogP contribution in [-0.2, 0) is 0 Å². The first-order valence-corrected chi connectivity index (χ1v) is 9.69. The van der Waals surface area contributed by atoms with Crippen molar-refractivity contribution in [2.45, 2.75) is 13.8 Å². The van der Waals surface area contributed by atoms with Crippen LogP contribution in [0.4, 0.5) is 5.13 Å². The number of hydrogen-bond donors (Lipinski definition) is 0. The standard InChI is InChI=1S/C21H25N3O2S/c1-14-9-10-16(13-15(14)2)20(25)24(12-11-23(3)4)21-22-19-17(26-5)7-6-8-18(19)27-21/h6-10,13H,11-12H2,1-5H3. The van der Waals surface area contributed by atoms with Crippen LogP contribution in [-0.4, -0.2) is 50.1 Å². The summed E-state index contributed by atoms with van der Waals surface area (Å²) >= 11 is 1.51. The zero-order chi connectivity index (χ0) is 19.6. The maximum absolute atomic E-state index is 13.3. The van der Waals surface area contributed by atoms with Gasteiger partial charge in [0.2, 0.25) is 0 Å². The van der Waals surface area contributed by atoms with Gasteiger partial charge in [0.15, 0.2) is 5.13 Å². The van der Waals surface area contributed by atoms with E-state index in [0.717, 1.165) is 28.1 Å². The number of aromatic nitrogens is 1. The molecule has 0 bridgehead atoms. The van der Waals surface area contributed by atoms with E-state index in [-0.39, 0.29) is 5.91 Å². The van der Waals surface area contributed by atoms with Crippen LogP contribution in [0.3, 0.4) is 0 Å². The lowest BCUT2D eigenvalue weighted by Gasteiger charge is -2.22. The maximum atomic E-state index is 13.3. The van der Waals surface area contributed by atoms with Crippen molar-refractivity contribution in [2.24, 2.45) is 0 Å². The molecule has 27 heavy (non-hydrogen) atoms. The zero-order valence-corrected chi connectivity index (χ0v) is 17.3. The predicted molar refractivity (Wildman–Crippen MR) is 112 cm³/mol. The number of amides is 1. The van der Waals surface area contributed by atoms with Crippen molar-refractivity contribution in [1.82, 2.24) is 9.88 Å². The van der Waals surface area contributed by atoms with Gasteiger partial charge in [-0.05, 0) is 63.3 Å². The summed E-state index contributed by atoms with van der Waals surface area (Å²) in [5, 5.41) is 0.694. The van der Waals surface area contributed by atoms with Crippen LogP contribution >= 0.6 is 11.3 Å². The first kappa shape index (κ1) is 19.3. The average Bonchev–Trinajstić information content (AvgIpc) is 3.07. The molecule has 0 radical (unpaired) electrons. The van der Waals surface area contributed by atoms with E-state index in [1.165, 1.54) is 16.9 Å². The predicted octanol–water partition coefficient (Wildman–Crippen LogP) is 4.13. The second-order valence-corrected chi connectivity index (χ2v) is 7.87. The van der Waals surface area contributed by atoms with Crippen LogP contribution in [0.5, 0.6) is 5.75 Å². The highest BCUT2D eigenvalue weighted by Crippen LogP contribution is 2.34. The molecule has 1 amide bonds.